The van der Waals surface area contributed by atoms with Gasteiger partial charge in [0.15, 0.2) is 0 Å². The second-order valence-electron chi connectivity index (χ2n) is 6.10. The van der Waals surface area contributed by atoms with E-state index in [1.807, 2.05) is 13.8 Å². The van der Waals surface area contributed by atoms with Crippen LogP contribution in [-0.2, 0) is 0 Å². The molecule has 2 nitrogen and oxygen atoms in total. The molecule has 0 spiro atoms. The molecule has 0 aliphatic heterocycles. The molecule has 2 heteroatoms. The molecule has 0 unspecified atom stereocenters. The van der Waals surface area contributed by atoms with E-state index in [1.54, 1.807) is 0 Å². The van der Waals surface area contributed by atoms with E-state index in [0.29, 0.717) is 0 Å². The number of aliphatic imine (C=N–C) groups is 1. The Balaban J connectivity index is 0.000000891. The molecule has 0 atom stereocenters. The van der Waals surface area contributed by atoms with Gasteiger partial charge in [0.1, 0.15) is 0 Å². The van der Waals surface area contributed by atoms with Gasteiger partial charge in [0.05, 0.1) is 11.4 Å². The van der Waals surface area contributed by atoms with Gasteiger partial charge in [0.2, 0.25) is 0 Å². The summed E-state index contributed by atoms with van der Waals surface area (Å²) < 4.78 is 0. The lowest BCUT2D eigenvalue weighted by atomic mass is 10.0. The molecule has 0 aliphatic carbocycles. The van der Waals surface area contributed by atoms with Crippen molar-refractivity contribution in [1.82, 2.24) is 0 Å². The number of nitrogens with zero attached hydrogens (tertiary/aromatic N) is 1. The van der Waals surface area contributed by atoms with E-state index < -0.39 is 0 Å². The van der Waals surface area contributed by atoms with Crippen LogP contribution in [-0.4, -0.2) is 5.71 Å². The van der Waals surface area contributed by atoms with E-state index in [0.717, 1.165) is 22.8 Å². The summed E-state index contributed by atoms with van der Waals surface area (Å²) in [6.45, 7) is 18.8. The molecule has 0 bridgehead atoms. The fraction of sp³-hybridized carbons (Fsp3) is 0.273. The summed E-state index contributed by atoms with van der Waals surface area (Å²) in [6, 6.07) is 10.6. The predicted octanol–water partition coefficient (Wildman–Crippen LogP) is 6.73. The summed E-state index contributed by atoms with van der Waals surface area (Å²) in [5.41, 5.74) is 11.6. The number of benzene rings is 2. The Morgan fingerprint density at radius 2 is 1.50 bits per heavy atom. The number of aryl methyl sites for hydroxylation is 3. The van der Waals surface area contributed by atoms with Crippen LogP contribution in [0.4, 0.5) is 17.1 Å². The van der Waals surface area contributed by atoms with Gasteiger partial charge in [0.25, 0.3) is 0 Å². The number of nitrogens with one attached hydrogen (secondary N) is 1. The summed E-state index contributed by atoms with van der Waals surface area (Å²) in [4.78, 5) is 4.72. The number of anilines is 2. The molecule has 1 N–H and O–H groups in total. The van der Waals surface area contributed by atoms with Crippen molar-refractivity contribution >= 4 is 22.8 Å². The quantitative estimate of drug-likeness (QED) is 0.492. The van der Waals surface area contributed by atoms with Gasteiger partial charge in [-0.2, -0.15) is 0 Å². The monoisotopic (exact) mass is 320 g/mol. The van der Waals surface area contributed by atoms with E-state index in [9.17, 15) is 0 Å². The van der Waals surface area contributed by atoms with Gasteiger partial charge < -0.3 is 5.32 Å². The highest BCUT2D eigenvalue weighted by molar-refractivity contribution is 5.87. The zero-order valence-corrected chi connectivity index (χ0v) is 15.7. The first-order valence-corrected chi connectivity index (χ1v) is 8.06. The molecule has 126 valence electrons. The molecule has 0 saturated carbocycles. The average molecular weight is 320 g/mol. The van der Waals surface area contributed by atoms with Crippen LogP contribution >= 0.6 is 0 Å². The van der Waals surface area contributed by atoms with Crippen molar-refractivity contribution in [3.63, 3.8) is 0 Å². The van der Waals surface area contributed by atoms with Crippen LogP contribution in [0.5, 0.6) is 0 Å². The topological polar surface area (TPSA) is 24.4 Å². The standard InChI is InChI=1S/C19H24N2.C3H4/c1-12(2)20-18-14(4)10-11-15(5)19(18)21-17-9-7-8-13(3)16(17)6;1-3-2/h7-11,21H,1-6H3;1-2H2. The van der Waals surface area contributed by atoms with Crippen LogP contribution in [0.3, 0.4) is 0 Å². The largest absolute Gasteiger partial charge is 0.353 e. The average Bonchev–Trinajstić information content (AvgIpc) is 2.51. The molecule has 24 heavy (non-hydrogen) atoms. The fourth-order valence-electron chi connectivity index (χ4n) is 2.34. The minimum atomic E-state index is 1.04. The van der Waals surface area contributed by atoms with Crippen LogP contribution < -0.4 is 5.32 Å². The maximum atomic E-state index is 4.72. The lowest BCUT2D eigenvalue weighted by molar-refractivity contribution is 1.30. The Morgan fingerprint density at radius 1 is 0.917 bits per heavy atom. The minimum absolute atomic E-state index is 1.04. The molecule has 0 aromatic heterocycles. The van der Waals surface area contributed by atoms with Gasteiger partial charge in [-0.1, -0.05) is 37.4 Å². The molecule has 2 aromatic carbocycles. The molecule has 0 amide bonds. The highest BCUT2D eigenvalue weighted by Crippen LogP contribution is 2.35. The summed E-state index contributed by atoms with van der Waals surface area (Å²) in [5.74, 6) is 0. The van der Waals surface area contributed by atoms with Crippen molar-refractivity contribution in [3.8, 4) is 0 Å². The van der Waals surface area contributed by atoms with E-state index >= 15 is 0 Å². The zero-order chi connectivity index (χ0) is 18.3. The van der Waals surface area contributed by atoms with Crippen molar-refractivity contribution in [1.29, 1.82) is 0 Å². The highest BCUT2D eigenvalue weighted by atomic mass is 14.9. The molecule has 2 rings (SSSR count). The van der Waals surface area contributed by atoms with E-state index in [4.69, 9.17) is 4.99 Å². The highest BCUT2D eigenvalue weighted by Gasteiger charge is 2.10. The summed E-state index contributed by atoms with van der Waals surface area (Å²) >= 11 is 0. The second kappa shape index (κ2) is 8.90. The van der Waals surface area contributed by atoms with Crippen LogP contribution in [0.15, 0.2) is 54.2 Å². The third-order valence-electron chi connectivity index (χ3n) is 3.79. The molecule has 0 saturated heterocycles. The molecular formula is C22H28N2. The first-order valence-electron chi connectivity index (χ1n) is 8.06. The normalized spacial score (nSPS) is 9.42. The van der Waals surface area contributed by atoms with Gasteiger partial charge in [-0.15, -0.1) is 5.73 Å². The zero-order valence-electron chi connectivity index (χ0n) is 15.7. The second-order valence-corrected chi connectivity index (χ2v) is 6.10. The van der Waals surface area contributed by atoms with Crippen LogP contribution in [0.2, 0.25) is 0 Å². The van der Waals surface area contributed by atoms with Gasteiger partial charge in [-0.25, -0.2) is 0 Å². The van der Waals surface area contributed by atoms with Gasteiger partial charge >= 0.3 is 0 Å². The first-order chi connectivity index (χ1) is 11.3. The molecule has 0 heterocycles. The minimum Gasteiger partial charge on any atom is -0.353 e. The SMILES string of the molecule is C=C=C.CC(C)=Nc1c(C)ccc(C)c1Nc1cccc(C)c1C. The maximum absolute atomic E-state index is 4.72. The summed E-state index contributed by atoms with van der Waals surface area (Å²) in [7, 11) is 0. The van der Waals surface area contributed by atoms with Gasteiger partial charge in [0, 0.05) is 11.4 Å². The molecular weight excluding hydrogens is 292 g/mol. The Hall–Kier alpha value is -2.57. The van der Waals surface area contributed by atoms with Crippen LogP contribution in [0.1, 0.15) is 36.1 Å². The molecule has 0 aliphatic rings. The molecule has 2 aromatic rings. The Labute approximate surface area is 146 Å². The lowest BCUT2D eigenvalue weighted by Gasteiger charge is -2.17. The van der Waals surface area contributed by atoms with E-state index in [1.165, 1.54) is 22.3 Å². The Kier molecular flexibility index (Phi) is 7.23. The smallest absolute Gasteiger partial charge is 0.0895 e. The maximum Gasteiger partial charge on any atom is 0.0895 e. The van der Waals surface area contributed by atoms with E-state index in [2.05, 4.69) is 82.2 Å². The summed E-state index contributed by atoms with van der Waals surface area (Å²) in [6.07, 6.45) is 0. The van der Waals surface area contributed by atoms with Gasteiger partial charge in [-0.3, -0.25) is 4.99 Å². The number of hydrogen-bond acceptors (Lipinski definition) is 2. The van der Waals surface area contributed by atoms with Crippen molar-refractivity contribution in [2.24, 2.45) is 4.99 Å². The van der Waals surface area contributed by atoms with Crippen molar-refractivity contribution < 1.29 is 0 Å². The van der Waals surface area contributed by atoms with E-state index in [-0.39, 0.29) is 0 Å². The third kappa shape index (κ3) is 4.97. The predicted molar refractivity (Wildman–Crippen MR) is 108 cm³/mol. The third-order valence-corrected chi connectivity index (χ3v) is 3.79. The molecule has 0 radical (unpaired) electrons. The Bertz CT molecular complexity index is 773. The number of hydrogen-bond donors (Lipinski definition) is 1. The first kappa shape index (κ1) is 19.5. The summed E-state index contributed by atoms with van der Waals surface area (Å²) in [5, 5.41) is 3.59. The van der Waals surface area contributed by atoms with Crippen LogP contribution in [0.25, 0.3) is 0 Å². The van der Waals surface area contributed by atoms with Crippen LogP contribution in [0, 0.1) is 27.7 Å². The molecule has 0 fully saturated rings. The van der Waals surface area contributed by atoms with Crippen molar-refractivity contribution in [2.75, 3.05) is 5.32 Å². The Morgan fingerprint density at radius 3 is 2.08 bits per heavy atom. The van der Waals surface area contributed by atoms with Crippen molar-refractivity contribution in [2.45, 2.75) is 41.5 Å². The number of rotatable bonds is 3. The fourth-order valence-corrected chi connectivity index (χ4v) is 2.34. The van der Waals surface area contributed by atoms with Gasteiger partial charge in [-0.05, 0) is 69.9 Å². The lowest BCUT2D eigenvalue weighted by Crippen LogP contribution is -1.99. The van der Waals surface area contributed by atoms with Crippen molar-refractivity contribution in [3.05, 3.63) is 71.5 Å².